The number of aromatic nitrogens is 2. The molecule has 150 valence electrons. The van der Waals surface area contributed by atoms with E-state index in [0.717, 1.165) is 47.1 Å². The SMILES string of the molecule is Cn1c(N2CCN(C(=O)NCc3ccc4c(c3)OCO4)CC2)nc2ccccc21. The van der Waals surface area contributed by atoms with Gasteiger partial charge in [-0.1, -0.05) is 18.2 Å². The van der Waals surface area contributed by atoms with Gasteiger partial charge in [0, 0.05) is 39.8 Å². The second-order valence-corrected chi connectivity index (χ2v) is 7.28. The molecule has 8 nitrogen and oxygen atoms in total. The number of urea groups is 1. The van der Waals surface area contributed by atoms with Crippen LogP contribution in [-0.2, 0) is 13.6 Å². The molecule has 0 saturated carbocycles. The van der Waals surface area contributed by atoms with Crippen LogP contribution in [0.3, 0.4) is 0 Å². The van der Waals surface area contributed by atoms with Gasteiger partial charge in [0.1, 0.15) is 0 Å². The van der Waals surface area contributed by atoms with E-state index in [1.807, 2.05) is 48.3 Å². The second kappa shape index (κ2) is 7.20. The molecule has 3 heterocycles. The van der Waals surface area contributed by atoms with E-state index in [0.29, 0.717) is 19.6 Å². The van der Waals surface area contributed by atoms with Crippen LogP contribution in [0.2, 0.25) is 0 Å². The van der Waals surface area contributed by atoms with Crippen LogP contribution < -0.4 is 19.7 Å². The molecule has 1 N–H and O–H groups in total. The lowest BCUT2D eigenvalue weighted by molar-refractivity contribution is 0.174. The molecule has 5 rings (SSSR count). The van der Waals surface area contributed by atoms with Gasteiger partial charge in [-0.3, -0.25) is 0 Å². The molecule has 8 heteroatoms. The summed E-state index contributed by atoms with van der Waals surface area (Å²) >= 11 is 0. The van der Waals surface area contributed by atoms with E-state index in [-0.39, 0.29) is 12.8 Å². The zero-order chi connectivity index (χ0) is 19.8. The van der Waals surface area contributed by atoms with Crippen LogP contribution in [0.4, 0.5) is 10.7 Å². The largest absolute Gasteiger partial charge is 0.454 e. The van der Waals surface area contributed by atoms with Gasteiger partial charge in [-0.15, -0.1) is 0 Å². The quantitative estimate of drug-likeness (QED) is 0.740. The third-order valence-corrected chi connectivity index (χ3v) is 5.49. The Hall–Kier alpha value is -3.42. The molecule has 1 saturated heterocycles. The van der Waals surface area contributed by atoms with Crippen molar-refractivity contribution in [2.45, 2.75) is 6.54 Å². The van der Waals surface area contributed by atoms with Crippen LogP contribution in [0.5, 0.6) is 11.5 Å². The normalized spacial score (nSPS) is 15.8. The maximum absolute atomic E-state index is 12.6. The van der Waals surface area contributed by atoms with Gasteiger partial charge in [-0.25, -0.2) is 9.78 Å². The highest BCUT2D eigenvalue weighted by Crippen LogP contribution is 2.32. The summed E-state index contributed by atoms with van der Waals surface area (Å²) in [6.45, 7) is 3.55. The van der Waals surface area contributed by atoms with E-state index in [9.17, 15) is 4.79 Å². The van der Waals surface area contributed by atoms with Gasteiger partial charge < -0.3 is 29.2 Å². The zero-order valence-electron chi connectivity index (χ0n) is 16.3. The highest BCUT2D eigenvalue weighted by molar-refractivity contribution is 5.79. The number of rotatable bonds is 3. The first-order valence-electron chi connectivity index (χ1n) is 9.77. The minimum Gasteiger partial charge on any atom is -0.454 e. The minimum atomic E-state index is -0.0488. The summed E-state index contributed by atoms with van der Waals surface area (Å²) in [5.74, 6) is 2.43. The smallest absolute Gasteiger partial charge is 0.317 e. The summed E-state index contributed by atoms with van der Waals surface area (Å²) in [4.78, 5) is 21.4. The number of piperazine rings is 1. The van der Waals surface area contributed by atoms with Crippen molar-refractivity contribution in [1.82, 2.24) is 19.8 Å². The van der Waals surface area contributed by atoms with Crippen molar-refractivity contribution in [1.29, 1.82) is 0 Å². The molecule has 0 spiro atoms. The van der Waals surface area contributed by atoms with Crippen molar-refractivity contribution >= 4 is 23.0 Å². The average Bonchev–Trinajstić information content (AvgIpc) is 3.36. The molecule has 1 aromatic heterocycles. The molecule has 2 aliphatic rings. The Morgan fingerprint density at radius 3 is 2.69 bits per heavy atom. The van der Waals surface area contributed by atoms with Crippen LogP contribution in [0, 0.1) is 0 Å². The lowest BCUT2D eigenvalue weighted by Gasteiger charge is -2.35. The molecule has 2 aliphatic heterocycles. The number of carbonyl (C=O) groups is 1. The Morgan fingerprint density at radius 1 is 1.07 bits per heavy atom. The number of nitrogens with zero attached hydrogens (tertiary/aromatic N) is 4. The van der Waals surface area contributed by atoms with Crippen LogP contribution in [-0.4, -0.2) is 53.5 Å². The summed E-state index contributed by atoms with van der Waals surface area (Å²) in [5.41, 5.74) is 3.10. The third kappa shape index (κ3) is 3.30. The molecule has 0 aliphatic carbocycles. The van der Waals surface area contributed by atoms with Crippen molar-refractivity contribution in [2.24, 2.45) is 7.05 Å². The summed E-state index contributed by atoms with van der Waals surface area (Å²) < 4.78 is 12.8. The fraction of sp³-hybridized carbons (Fsp3) is 0.333. The maximum Gasteiger partial charge on any atom is 0.317 e. The topological polar surface area (TPSA) is 71.9 Å². The van der Waals surface area contributed by atoms with E-state index in [2.05, 4.69) is 20.9 Å². The van der Waals surface area contributed by atoms with Crippen molar-refractivity contribution in [3.63, 3.8) is 0 Å². The number of fused-ring (bicyclic) bond motifs is 2. The molecule has 3 aromatic rings. The molecule has 0 unspecified atom stereocenters. The summed E-state index contributed by atoms with van der Waals surface area (Å²) in [7, 11) is 2.04. The first kappa shape index (κ1) is 17.7. The van der Waals surface area contributed by atoms with Gasteiger partial charge in [0.15, 0.2) is 11.5 Å². The standard InChI is InChI=1S/C21H23N5O3/c1-24-17-5-3-2-4-16(17)23-20(24)25-8-10-26(11-9-25)21(27)22-13-15-6-7-18-19(12-15)29-14-28-18/h2-7,12H,8-11,13-14H2,1H3,(H,22,27). The highest BCUT2D eigenvalue weighted by atomic mass is 16.7. The Morgan fingerprint density at radius 2 is 1.86 bits per heavy atom. The zero-order valence-corrected chi connectivity index (χ0v) is 16.3. The van der Waals surface area contributed by atoms with Crippen LogP contribution >= 0.6 is 0 Å². The van der Waals surface area contributed by atoms with Crippen molar-refractivity contribution in [3.05, 3.63) is 48.0 Å². The van der Waals surface area contributed by atoms with Gasteiger partial charge in [0.25, 0.3) is 0 Å². The van der Waals surface area contributed by atoms with Crippen molar-refractivity contribution in [2.75, 3.05) is 37.9 Å². The Balaban J connectivity index is 1.18. The number of carbonyl (C=O) groups excluding carboxylic acids is 1. The highest BCUT2D eigenvalue weighted by Gasteiger charge is 2.24. The van der Waals surface area contributed by atoms with E-state index in [1.165, 1.54) is 0 Å². The number of benzene rings is 2. The number of imidazole rings is 1. The van der Waals surface area contributed by atoms with Gasteiger partial charge in [-0.05, 0) is 29.8 Å². The first-order valence-corrected chi connectivity index (χ1v) is 9.77. The van der Waals surface area contributed by atoms with E-state index >= 15 is 0 Å². The number of para-hydroxylation sites is 2. The minimum absolute atomic E-state index is 0.0488. The second-order valence-electron chi connectivity index (χ2n) is 7.28. The van der Waals surface area contributed by atoms with E-state index in [4.69, 9.17) is 14.5 Å². The van der Waals surface area contributed by atoms with Crippen LogP contribution in [0.15, 0.2) is 42.5 Å². The Bertz CT molecular complexity index is 1060. The first-order chi connectivity index (χ1) is 14.2. The number of ether oxygens (including phenoxy) is 2. The van der Waals surface area contributed by atoms with Crippen LogP contribution in [0.25, 0.3) is 11.0 Å². The molecule has 1 fully saturated rings. The number of hydrogen-bond donors (Lipinski definition) is 1. The van der Waals surface area contributed by atoms with Gasteiger partial charge in [0.2, 0.25) is 12.7 Å². The predicted molar refractivity (Wildman–Crippen MR) is 109 cm³/mol. The predicted octanol–water partition coefficient (Wildman–Crippen LogP) is 2.33. The molecule has 0 atom stereocenters. The van der Waals surface area contributed by atoms with Crippen LogP contribution in [0.1, 0.15) is 5.56 Å². The Labute approximate surface area is 168 Å². The van der Waals surface area contributed by atoms with Gasteiger partial charge in [0.05, 0.1) is 11.0 Å². The monoisotopic (exact) mass is 393 g/mol. The molecule has 0 radical (unpaired) electrons. The summed E-state index contributed by atoms with van der Waals surface area (Å²) in [6, 6.07) is 13.8. The summed E-state index contributed by atoms with van der Waals surface area (Å²) in [5, 5.41) is 3.00. The number of aryl methyl sites for hydroxylation is 1. The number of nitrogens with one attached hydrogen (secondary N) is 1. The van der Waals surface area contributed by atoms with E-state index < -0.39 is 0 Å². The van der Waals surface area contributed by atoms with Crippen molar-refractivity contribution < 1.29 is 14.3 Å². The van der Waals surface area contributed by atoms with E-state index in [1.54, 1.807) is 0 Å². The Kier molecular flexibility index (Phi) is 4.38. The fourth-order valence-electron chi connectivity index (χ4n) is 3.87. The molecular weight excluding hydrogens is 370 g/mol. The summed E-state index contributed by atoms with van der Waals surface area (Å²) in [6.07, 6.45) is 0. The third-order valence-electron chi connectivity index (χ3n) is 5.49. The molecular formula is C21H23N5O3. The van der Waals surface area contributed by atoms with Gasteiger partial charge >= 0.3 is 6.03 Å². The number of anilines is 1. The number of hydrogen-bond acceptors (Lipinski definition) is 5. The lowest BCUT2D eigenvalue weighted by Crippen LogP contribution is -2.52. The molecule has 2 aromatic carbocycles. The molecule has 0 bridgehead atoms. The molecule has 2 amide bonds. The van der Waals surface area contributed by atoms with Crippen molar-refractivity contribution in [3.8, 4) is 11.5 Å². The fourth-order valence-corrected chi connectivity index (χ4v) is 3.87. The number of amides is 2. The molecule has 29 heavy (non-hydrogen) atoms. The maximum atomic E-state index is 12.6. The average molecular weight is 393 g/mol. The lowest BCUT2D eigenvalue weighted by atomic mass is 10.2. The van der Waals surface area contributed by atoms with Gasteiger partial charge in [-0.2, -0.15) is 0 Å².